The molecule has 18 heavy (non-hydrogen) atoms. The van der Waals surface area contributed by atoms with Crippen molar-refractivity contribution in [1.82, 2.24) is 5.32 Å². The summed E-state index contributed by atoms with van der Waals surface area (Å²) < 4.78 is 0. The van der Waals surface area contributed by atoms with E-state index in [4.69, 9.17) is 0 Å². The number of rotatable bonds is 5. The lowest BCUT2D eigenvalue weighted by molar-refractivity contribution is 0.187. The zero-order valence-corrected chi connectivity index (χ0v) is 12.9. The molecule has 1 nitrogen and oxygen atoms in total. The van der Waals surface area contributed by atoms with Gasteiger partial charge in [0.25, 0.3) is 0 Å². The molecule has 2 rings (SSSR count). The van der Waals surface area contributed by atoms with Crippen LogP contribution in [0, 0.1) is 17.8 Å². The lowest BCUT2D eigenvalue weighted by atomic mass is 9.73. The van der Waals surface area contributed by atoms with E-state index in [1.54, 1.807) is 9.75 Å². The van der Waals surface area contributed by atoms with Crippen LogP contribution in [0.1, 0.15) is 42.9 Å². The van der Waals surface area contributed by atoms with Gasteiger partial charge in [-0.05, 0) is 69.2 Å². The van der Waals surface area contributed by atoms with Gasteiger partial charge in [0.15, 0.2) is 0 Å². The van der Waals surface area contributed by atoms with E-state index in [0.717, 1.165) is 17.8 Å². The minimum Gasteiger partial charge on any atom is -0.319 e. The number of thiophene rings is 1. The first kappa shape index (κ1) is 14.1. The molecule has 0 spiro atoms. The van der Waals surface area contributed by atoms with Gasteiger partial charge in [-0.15, -0.1) is 11.3 Å². The molecule has 102 valence electrons. The zero-order valence-electron chi connectivity index (χ0n) is 12.0. The molecule has 0 amide bonds. The highest BCUT2D eigenvalue weighted by molar-refractivity contribution is 7.11. The van der Waals surface area contributed by atoms with Gasteiger partial charge in [-0.25, -0.2) is 0 Å². The number of hydrogen-bond acceptors (Lipinski definition) is 2. The summed E-state index contributed by atoms with van der Waals surface area (Å²) in [6, 6.07) is 4.68. The lowest BCUT2D eigenvalue weighted by Crippen LogP contribution is -2.32. The van der Waals surface area contributed by atoms with Crippen LogP contribution in [-0.2, 0) is 12.8 Å². The van der Waals surface area contributed by atoms with Gasteiger partial charge in [-0.2, -0.15) is 0 Å². The molecular formula is C16H27NS. The van der Waals surface area contributed by atoms with Gasteiger partial charge in [0.05, 0.1) is 0 Å². The summed E-state index contributed by atoms with van der Waals surface area (Å²) in [5.41, 5.74) is 0. The summed E-state index contributed by atoms with van der Waals surface area (Å²) in [4.78, 5) is 3.14. The Morgan fingerprint density at radius 3 is 2.67 bits per heavy atom. The Kier molecular flexibility index (Phi) is 5.25. The second-order valence-electron chi connectivity index (χ2n) is 5.92. The van der Waals surface area contributed by atoms with Crippen molar-refractivity contribution in [3.63, 3.8) is 0 Å². The van der Waals surface area contributed by atoms with Gasteiger partial charge in [-0.3, -0.25) is 0 Å². The van der Waals surface area contributed by atoms with Gasteiger partial charge in [0, 0.05) is 9.75 Å². The van der Waals surface area contributed by atoms with E-state index in [0.29, 0.717) is 0 Å². The van der Waals surface area contributed by atoms with E-state index in [1.807, 2.05) is 11.3 Å². The van der Waals surface area contributed by atoms with Crippen LogP contribution in [0.25, 0.3) is 0 Å². The van der Waals surface area contributed by atoms with Crippen LogP contribution < -0.4 is 5.32 Å². The Morgan fingerprint density at radius 2 is 2.00 bits per heavy atom. The van der Waals surface area contributed by atoms with E-state index in [-0.39, 0.29) is 0 Å². The van der Waals surface area contributed by atoms with Crippen molar-refractivity contribution >= 4 is 11.3 Å². The smallest absolute Gasteiger partial charge is 0.00510 e. The van der Waals surface area contributed by atoms with Crippen molar-refractivity contribution in [1.29, 1.82) is 0 Å². The quantitative estimate of drug-likeness (QED) is 0.844. The fourth-order valence-electron chi connectivity index (χ4n) is 3.32. The second-order valence-corrected chi connectivity index (χ2v) is 7.17. The molecule has 1 aliphatic rings. The Balaban J connectivity index is 1.99. The Bertz CT molecular complexity index is 358. The van der Waals surface area contributed by atoms with Crippen LogP contribution in [0.5, 0.6) is 0 Å². The summed E-state index contributed by atoms with van der Waals surface area (Å²) in [5.74, 6) is 2.71. The average Bonchev–Trinajstić information content (AvgIpc) is 2.80. The molecule has 1 aromatic rings. The van der Waals surface area contributed by atoms with Crippen molar-refractivity contribution in [3.8, 4) is 0 Å². The number of nitrogens with one attached hydrogen (secondary N) is 1. The van der Waals surface area contributed by atoms with Crippen molar-refractivity contribution in [3.05, 3.63) is 21.9 Å². The number of aryl methyl sites for hydroxylation is 1. The third kappa shape index (κ3) is 3.58. The minimum absolute atomic E-state index is 0.887. The summed E-state index contributed by atoms with van der Waals surface area (Å²) in [7, 11) is 2.09. The molecule has 0 aromatic carbocycles. The minimum atomic E-state index is 0.887. The molecule has 1 fully saturated rings. The van der Waals surface area contributed by atoms with Crippen LogP contribution in [0.4, 0.5) is 0 Å². The largest absolute Gasteiger partial charge is 0.319 e. The summed E-state index contributed by atoms with van der Waals surface area (Å²) in [5, 5.41) is 3.39. The Hall–Kier alpha value is -0.340. The highest BCUT2D eigenvalue weighted by atomic mass is 32.1. The third-order valence-electron chi connectivity index (χ3n) is 4.40. The standard InChI is InChI=1S/C16H27NS/c1-4-15-7-8-16(18-15)10-14-9-12(2)5-6-13(14)11-17-3/h7-8,12-14,17H,4-6,9-11H2,1-3H3. The summed E-state index contributed by atoms with van der Waals surface area (Å²) in [6.07, 6.45) is 6.75. The molecule has 1 aromatic heterocycles. The molecule has 0 bridgehead atoms. The third-order valence-corrected chi connectivity index (χ3v) is 5.65. The van der Waals surface area contributed by atoms with Crippen molar-refractivity contribution in [2.45, 2.75) is 46.0 Å². The molecule has 0 aliphatic heterocycles. The van der Waals surface area contributed by atoms with E-state index in [1.165, 1.54) is 38.6 Å². The highest BCUT2D eigenvalue weighted by Crippen LogP contribution is 2.36. The van der Waals surface area contributed by atoms with Crippen LogP contribution >= 0.6 is 11.3 Å². The fraction of sp³-hybridized carbons (Fsp3) is 0.750. The molecule has 0 saturated heterocycles. The first-order chi connectivity index (χ1) is 8.72. The van der Waals surface area contributed by atoms with Crippen LogP contribution in [0.2, 0.25) is 0 Å². The maximum atomic E-state index is 3.39. The summed E-state index contributed by atoms with van der Waals surface area (Å²) >= 11 is 2.03. The van der Waals surface area contributed by atoms with Gasteiger partial charge in [0.1, 0.15) is 0 Å². The maximum Gasteiger partial charge on any atom is 0.00510 e. The zero-order chi connectivity index (χ0) is 13.0. The molecule has 3 atom stereocenters. The van der Waals surface area contributed by atoms with Crippen LogP contribution in [0.15, 0.2) is 12.1 Å². The Morgan fingerprint density at radius 1 is 1.22 bits per heavy atom. The Labute approximate surface area is 116 Å². The normalized spacial score (nSPS) is 28.5. The molecule has 1 N–H and O–H groups in total. The van der Waals surface area contributed by atoms with Crippen molar-refractivity contribution in [2.75, 3.05) is 13.6 Å². The predicted octanol–water partition coefficient (Wildman–Crippen LogP) is 4.12. The van der Waals surface area contributed by atoms with E-state index in [2.05, 4.69) is 38.3 Å². The molecule has 0 radical (unpaired) electrons. The second kappa shape index (κ2) is 6.72. The lowest BCUT2D eigenvalue weighted by Gasteiger charge is -2.34. The first-order valence-electron chi connectivity index (χ1n) is 7.45. The predicted molar refractivity (Wildman–Crippen MR) is 81.3 cm³/mol. The van der Waals surface area contributed by atoms with Crippen molar-refractivity contribution in [2.24, 2.45) is 17.8 Å². The van der Waals surface area contributed by atoms with Gasteiger partial charge in [-0.1, -0.05) is 20.3 Å². The van der Waals surface area contributed by atoms with Gasteiger partial charge >= 0.3 is 0 Å². The van der Waals surface area contributed by atoms with Gasteiger partial charge < -0.3 is 5.32 Å². The maximum absolute atomic E-state index is 3.39. The molecule has 1 heterocycles. The fourth-order valence-corrected chi connectivity index (χ4v) is 4.37. The topological polar surface area (TPSA) is 12.0 Å². The SMILES string of the molecule is CCc1ccc(CC2CC(C)CCC2CNC)s1. The van der Waals surface area contributed by atoms with Crippen molar-refractivity contribution < 1.29 is 0 Å². The number of hydrogen-bond donors (Lipinski definition) is 1. The van der Waals surface area contributed by atoms with Gasteiger partial charge in [0.2, 0.25) is 0 Å². The average molecular weight is 265 g/mol. The molecule has 3 unspecified atom stereocenters. The van der Waals surface area contributed by atoms with Crippen LogP contribution in [-0.4, -0.2) is 13.6 Å². The first-order valence-corrected chi connectivity index (χ1v) is 8.26. The monoisotopic (exact) mass is 265 g/mol. The van der Waals surface area contributed by atoms with Crippen LogP contribution in [0.3, 0.4) is 0 Å². The summed E-state index contributed by atoms with van der Waals surface area (Å²) in [6.45, 7) is 5.87. The molecule has 1 aliphatic carbocycles. The van der Waals surface area contributed by atoms with E-state index >= 15 is 0 Å². The molecule has 1 saturated carbocycles. The van der Waals surface area contributed by atoms with E-state index < -0.39 is 0 Å². The molecular weight excluding hydrogens is 238 g/mol. The van der Waals surface area contributed by atoms with E-state index in [9.17, 15) is 0 Å². The highest BCUT2D eigenvalue weighted by Gasteiger charge is 2.28. The molecule has 2 heteroatoms.